The number of aromatic nitrogens is 1. The van der Waals surface area contributed by atoms with E-state index in [1.165, 1.54) is 6.42 Å². The summed E-state index contributed by atoms with van der Waals surface area (Å²) in [5.74, 6) is 2.11. The van der Waals surface area contributed by atoms with E-state index in [9.17, 15) is 9.59 Å². The summed E-state index contributed by atoms with van der Waals surface area (Å²) >= 11 is 0. The second-order valence-electron chi connectivity index (χ2n) is 9.33. The molecule has 0 unspecified atom stereocenters. The molecule has 7 nitrogen and oxygen atoms in total. The van der Waals surface area contributed by atoms with Crippen LogP contribution in [0, 0.1) is 5.92 Å². The molecule has 2 heterocycles. The van der Waals surface area contributed by atoms with Crippen LogP contribution in [0.3, 0.4) is 0 Å². The maximum atomic E-state index is 13.3. The number of rotatable bonds is 7. The number of carbonyl (C=O) groups excluding carboxylic acids is 2. The molecule has 1 aromatic heterocycles. The number of carbonyl (C=O) groups is 2. The Morgan fingerprint density at radius 3 is 2.54 bits per heavy atom. The Bertz CT molecular complexity index is 1230. The molecule has 0 spiro atoms. The first-order valence-electron chi connectivity index (χ1n) is 12.5. The molecule has 0 atom stereocenters. The first-order chi connectivity index (χ1) is 17.1. The molecule has 3 aromatic rings. The Kier molecular flexibility index (Phi) is 6.93. The predicted molar refractivity (Wildman–Crippen MR) is 133 cm³/mol. The van der Waals surface area contributed by atoms with Gasteiger partial charge < -0.3 is 24.1 Å². The van der Waals surface area contributed by atoms with Crippen LogP contribution in [-0.4, -0.2) is 36.6 Å². The number of ketones is 1. The second-order valence-corrected chi connectivity index (χ2v) is 9.33. The molecule has 1 aliphatic heterocycles. The minimum atomic E-state index is -0.142. The minimum absolute atomic E-state index is 0.0868. The summed E-state index contributed by atoms with van der Waals surface area (Å²) in [6, 6.07) is 11.5. The number of benzene rings is 2. The molecule has 1 N–H and O–H groups in total. The normalized spacial score (nSPS) is 16.0. The van der Waals surface area contributed by atoms with Crippen molar-refractivity contribution in [3.05, 3.63) is 53.7 Å². The van der Waals surface area contributed by atoms with Gasteiger partial charge in [0.15, 0.2) is 17.3 Å². The van der Waals surface area contributed by atoms with Crippen LogP contribution in [0.25, 0.3) is 10.9 Å². The van der Waals surface area contributed by atoms with Gasteiger partial charge in [0.05, 0.1) is 20.3 Å². The lowest BCUT2D eigenvalue weighted by Gasteiger charge is -2.19. The van der Waals surface area contributed by atoms with Crippen molar-refractivity contribution in [1.82, 2.24) is 9.88 Å². The molecule has 0 radical (unpaired) electrons. The Hall–Kier alpha value is -3.48. The lowest BCUT2D eigenvalue weighted by molar-refractivity contribution is -0.121. The number of Topliss-reactive ketones (excluding diaryl/α,β-unsaturated/α-hetero) is 1. The summed E-state index contributed by atoms with van der Waals surface area (Å²) in [5, 5.41) is 3.91. The van der Waals surface area contributed by atoms with Gasteiger partial charge in [-0.05, 0) is 25.0 Å². The monoisotopic (exact) mass is 476 g/mol. The average molecular weight is 477 g/mol. The lowest BCUT2D eigenvalue weighted by Crippen LogP contribution is -2.27. The zero-order chi connectivity index (χ0) is 24.2. The largest absolute Gasteiger partial charge is 0.496 e. The van der Waals surface area contributed by atoms with Gasteiger partial charge in [0.2, 0.25) is 5.91 Å². The fraction of sp³-hybridized carbons (Fsp3) is 0.429. The number of methoxy groups -OCH3 is 1. The average Bonchev–Trinajstić information content (AvgIpc) is 3.09. The zero-order valence-electron chi connectivity index (χ0n) is 20.2. The van der Waals surface area contributed by atoms with Crippen LogP contribution in [0.5, 0.6) is 17.2 Å². The van der Waals surface area contributed by atoms with Crippen molar-refractivity contribution in [3.8, 4) is 17.2 Å². The van der Waals surface area contributed by atoms with Gasteiger partial charge in [0.1, 0.15) is 12.3 Å². The van der Waals surface area contributed by atoms with Crippen molar-refractivity contribution >= 4 is 22.6 Å². The van der Waals surface area contributed by atoms with Crippen molar-refractivity contribution in [1.29, 1.82) is 0 Å². The molecule has 1 fully saturated rings. The number of para-hydroxylation sites is 1. The van der Waals surface area contributed by atoms with E-state index in [2.05, 4.69) is 5.32 Å². The summed E-state index contributed by atoms with van der Waals surface area (Å²) in [6.45, 7) is 1.62. The Labute approximate surface area is 205 Å². The molecular formula is C28H32N2O5. The van der Waals surface area contributed by atoms with Gasteiger partial charge in [0.25, 0.3) is 0 Å². The molecule has 5 rings (SSSR count). The van der Waals surface area contributed by atoms with E-state index < -0.39 is 0 Å². The van der Waals surface area contributed by atoms with Crippen molar-refractivity contribution < 1.29 is 23.8 Å². The molecule has 1 saturated carbocycles. The van der Waals surface area contributed by atoms with Gasteiger partial charge in [-0.3, -0.25) is 9.59 Å². The maximum absolute atomic E-state index is 13.3. The summed E-state index contributed by atoms with van der Waals surface area (Å²) in [6.07, 6.45) is 8.02. The summed E-state index contributed by atoms with van der Waals surface area (Å²) in [7, 11) is 1.60. The Morgan fingerprint density at radius 1 is 1.03 bits per heavy atom. The first kappa shape index (κ1) is 23.3. The predicted octanol–water partition coefficient (Wildman–Crippen LogP) is 4.89. The van der Waals surface area contributed by atoms with Crippen molar-refractivity contribution in [2.24, 2.45) is 5.92 Å². The number of amides is 1. The van der Waals surface area contributed by atoms with Crippen LogP contribution in [0.1, 0.15) is 54.4 Å². The van der Waals surface area contributed by atoms with E-state index in [0.717, 1.165) is 54.1 Å². The molecule has 0 saturated heterocycles. The molecule has 184 valence electrons. The number of fused-ring (bicyclic) bond motifs is 2. The quantitative estimate of drug-likeness (QED) is 0.491. The van der Waals surface area contributed by atoms with Crippen LogP contribution in [-0.2, 0) is 17.9 Å². The smallest absolute Gasteiger partial charge is 0.240 e. The first-order valence-corrected chi connectivity index (χ1v) is 12.5. The molecule has 2 aromatic carbocycles. The lowest BCUT2D eigenvalue weighted by atomic mass is 9.84. The van der Waals surface area contributed by atoms with E-state index >= 15 is 0 Å². The van der Waals surface area contributed by atoms with E-state index in [-0.39, 0.29) is 24.2 Å². The second kappa shape index (κ2) is 10.4. The standard InChI is InChI=1S/C28H32N2O5/c1-33-24-15-26-25(34-12-7-13-35-26)14-20(24)16-29-27(31)18-30-17-22(21-10-5-6-11-23(21)30)28(32)19-8-3-2-4-9-19/h5-6,10-11,14-15,17,19H,2-4,7-9,12-13,16,18H2,1H3,(H,29,31). The molecule has 0 bridgehead atoms. The number of nitrogens with zero attached hydrogens (tertiary/aromatic N) is 1. The maximum Gasteiger partial charge on any atom is 0.240 e. The highest BCUT2D eigenvalue weighted by Gasteiger charge is 2.25. The van der Waals surface area contributed by atoms with E-state index in [1.54, 1.807) is 7.11 Å². The van der Waals surface area contributed by atoms with E-state index in [4.69, 9.17) is 14.2 Å². The summed E-state index contributed by atoms with van der Waals surface area (Å²) in [4.78, 5) is 26.2. The van der Waals surface area contributed by atoms with Gasteiger partial charge in [-0.2, -0.15) is 0 Å². The van der Waals surface area contributed by atoms with Crippen LogP contribution >= 0.6 is 0 Å². The van der Waals surface area contributed by atoms with Crippen LogP contribution in [0.2, 0.25) is 0 Å². The fourth-order valence-corrected chi connectivity index (χ4v) is 5.12. The van der Waals surface area contributed by atoms with Crippen molar-refractivity contribution in [2.45, 2.75) is 51.6 Å². The molecule has 2 aliphatic rings. The third-order valence-electron chi connectivity index (χ3n) is 6.97. The van der Waals surface area contributed by atoms with Crippen LogP contribution in [0.4, 0.5) is 0 Å². The molecular weight excluding hydrogens is 444 g/mol. The van der Waals surface area contributed by atoms with Gasteiger partial charge in [-0.1, -0.05) is 37.5 Å². The number of hydrogen-bond donors (Lipinski definition) is 1. The van der Waals surface area contributed by atoms with Crippen molar-refractivity contribution in [3.63, 3.8) is 0 Å². The fourth-order valence-electron chi connectivity index (χ4n) is 5.12. The van der Waals surface area contributed by atoms with Crippen LogP contribution in [0.15, 0.2) is 42.6 Å². The highest BCUT2D eigenvalue weighted by atomic mass is 16.5. The Balaban J connectivity index is 1.32. The van der Waals surface area contributed by atoms with E-state index in [0.29, 0.717) is 37.0 Å². The highest BCUT2D eigenvalue weighted by Crippen LogP contribution is 2.36. The third kappa shape index (κ3) is 4.99. The highest BCUT2D eigenvalue weighted by molar-refractivity contribution is 6.09. The number of nitrogens with one attached hydrogen (secondary N) is 1. The third-order valence-corrected chi connectivity index (χ3v) is 6.97. The minimum Gasteiger partial charge on any atom is -0.496 e. The van der Waals surface area contributed by atoms with Crippen LogP contribution < -0.4 is 19.5 Å². The molecule has 1 amide bonds. The zero-order valence-corrected chi connectivity index (χ0v) is 20.2. The summed E-state index contributed by atoms with van der Waals surface area (Å²) < 4.78 is 18.9. The van der Waals surface area contributed by atoms with Gasteiger partial charge >= 0.3 is 0 Å². The summed E-state index contributed by atoms with van der Waals surface area (Å²) in [5.41, 5.74) is 2.44. The molecule has 1 aliphatic carbocycles. The van der Waals surface area contributed by atoms with Gasteiger partial charge in [-0.25, -0.2) is 0 Å². The van der Waals surface area contributed by atoms with E-state index in [1.807, 2.05) is 47.2 Å². The molecule has 35 heavy (non-hydrogen) atoms. The Morgan fingerprint density at radius 2 is 1.77 bits per heavy atom. The SMILES string of the molecule is COc1cc2c(cc1CNC(=O)Cn1cc(C(=O)C3CCCCC3)c3ccccc31)OCCCO2. The number of ether oxygens (including phenoxy) is 3. The molecule has 7 heteroatoms. The number of hydrogen-bond acceptors (Lipinski definition) is 5. The van der Waals surface area contributed by atoms with Crippen molar-refractivity contribution in [2.75, 3.05) is 20.3 Å². The van der Waals surface area contributed by atoms with Gasteiger partial charge in [-0.15, -0.1) is 0 Å². The van der Waals surface area contributed by atoms with Gasteiger partial charge in [0, 0.05) is 53.2 Å². The topological polar surface area (TPSA) is 78.8 Å².